The van der Waals surface area contributed by atoms with Gasteiger partial charge in [0.15, 0.2) is 0 Å². The summed E-state index contributed by atoms with van der Waals surface area (Å²) < 4.78 is 0. The van der Waals surface area contributed by atoms with Crippen molar-refractivity contribution in [2.45, 2.75) is 44.1 Å². The minimum Gasteiger partial charge on any atom is -0.378 e. The van der Waals surface area contributed by atoms with Crippen molar-refractivity contribution < 1.29 is 0 Å². The summed E-state index contributed by atoms with van der Waals surface area (Å²) in [5.74, 6) is 8.98. The zero-order chi connectivity index (χ0) is 12.9. The second-order valence-corrected chi connectivity index (χ2v) is 6.90. The van der Waals surface area contributed by atoms with Crippen LogP contribution in [-0.4, -0.2) is 10.5 Å². The highest BCUT2D eigenvalue weighted by molar-refractivity contribution is 5.49. The molecule has 4 N–H and O–H groups in total. The lowest BCUT2D eigenvalue weighted by Gasteiger charge is -2.57. The van der Waals surface area contributed by atoms with E-state index in [-0.39, 0.29) is 0 Å². The second kappa shape index (κ2) is 4.10. The summed E-state index contributed by atoms with van der Waals surface area (Å²) in [6.07, 6.45) is 10.4. The first-order valence-corrected chi connectivity index (χ1v) is 7.45. The molecule has 4 heteroatoms. The van der Waals surface area contributed by atoms with Gasteiger partial charge < -0.3 is 10.7 Å². The van der Waals surface area contributed by atoms with E-state index < -0.39 is 0 Å². The summed E-state index contributed by atoms with van der Waals surface area (Å²) in [5.41, 5.74) is 4.07. The van der Waals surface area contributed by atoms with Crippen molar-refractivity contribution in [3.63, 3.8) is 0 Å². The van der Waals surface area contributed by atoms with E-state index in [9.17, 15) is 0 Å². The van der Waals surface area contributed by atoms with Crippen LogP contribution in [0.25, 0.3) is 0 Å². The lowest BCUT2D eigenvalue weighted by molar-refractivity contribution is 0.0107. The first kappa shape index (κ1) is 11.5. The molecule has 0 saturated heterocycles. The molecule has 4 fully saturated rings. The summed E-state index contributed by atoms with van der Waals surface area (Å²) in [6, 6.07) is 4.02. The molecule has 4 nitrogen and oxygen atoms in total. The number of rotatable bonds is 3. The summed E-state index contributed by atoms with van der Waals surface area (Å²) >= 11 is 0. The summed E-state index contributed by atoms with van der Waals surface area (Å²) in [4.78, 5) is 4.30. The van der Waals surface area contributed by atoms with Gasteiger partial charge in [0, 0.05) is 5.54 Å². The highest BCUT2D eigenvalue weighted by Gasteiger charge is 2.50. The quantitative estimate of drug-likeness (QED) is 0.576. The van der Waals surface area contributed by atoms with Gasteiger partial charge in [-0.1, -0.05) is 0 Å². The van der Waals surface area contributed by atoms with Crippen LogP contribution >= 0.6 is 0 Å². The van der Waals surface area contributed by atoms with Gasteiger partial charge in [0.05, 0.1) is 11.9 Å². The van der Waals surface area contributed by atoms with E-state index in [2.05, 4.69) is 21.8 Å². The summed E-state index contributed by atoms with van der Waals surface area (Å²) in [5, 5.41) is 3.81. The number of nitrogens with two attached hydrogens (primary N) is 1. The molecule has 5 rings (SSSR count). The number of nitrogens with zero attached hydrogens (tertiary/aromatic N) is 1. The number of hydrazine groups is 1. The number of hydrogen-bond donors (Lipinski definition) is 3. The Morgan fingerprint density at radius 3 is 2.16 bits per heavy atom. The maximum atomic E-state index is 5.35. The third-order valence-corrected chi connectivity index (χ3v) is 5.36. The zero-order valence-electron chi connectivity index (χ0n) is 11.2. The standard InChI is InChI=1S/C15H22N4/c16-19-14-2-1-13(9-17-14)18-15-6-10-3-11(7-15)5-12(4-10)8-15/h1-2,9-12,18H,3-8,16H2,(H,17,19). The Hall–Kier alpha value is -1.29. The fourth-order valence-corrected chi connectivity index (χ4v) is 5.12. The maximum Gasteiger partial charge on any atom is 0.140 e. The molecule has 4 aliphatic carbocycles. The lowest BCUT2D eigenvalue weighted by atomic mass is 9.53. The van der Waals surface area contributed by atoms with Gasteiger partial charge in [-0.2, -0.15) is 0 Å². The van der Waals surface area contributed by atoms with Crippen molar-refractivity contribution in [3.05, 3.63) is 18.3 Å². The molecule has 0 unspecified atom stereocenters. The first-order valence-electron chi connectivity index (χ1n) is 7.45. The molecule has 102 valence electrons. The highest BCUT2D eigenvalue weighted by atomic mass is 15.2. The van der Waals surface area contributed by atoms with E-state index in [1.807, 2.05) is 12.3 Å². The molecule has 1 aromatic rings. The van der Waals surface area contributed by atoms with Crippen LogP contribution in [-0.2, 0) is 0 Å². The Morgan fingerprint density at radius 2 is 1.68 bits per heavy atom. The van der Waals surface area contributed by atoms with Crippen LogP contribution < -0.4 is 16.6 Å². The second-order valence-electron chi connectivity index (χ2n) is 6.90. The van der Waals surface area contributed by atoms with E-state index in [0.717, 1.165) is 29.3 Å². The van der Waals surface area contributed by atoms with Crippen LogP contribution in [0.2, 0.25) is 0 Å². The van der Waals surface area contributed by atoms with Gasteiger partial charge in [-0.05, 0) is 68.4 Å². The normalized spacial score (nSPS) is 39.3. The molecule has 1 heterocycles. The number of anilines is 2. The predicted octanol–water partition coefficient (Wildman–Crippen LogP) is 2.75. The minimum absolute atomic E-state index is 0.355. The van der Waals surface area contributed by atoms with Crippen LogP contribution in [0.1, 0.15) is 38.5 Å². The molecule has 0 amide bonds. The van der Waals surface area contributed by atoms with Gasteiger partial charge in [-0.25, -0.2) is 10.8 Å². The topological polar surface area (TPSA) is 63.0 Å². The largest absolute Gasteiger partial charge is 0.378 e. The van der Waals surface area contributed by atoms with Gasteiger partial charge in [0.2, 0.25) is 0 Å². The fraction of sp³-hybridized carbons (Fsp3) is 0.667. The van der Waals surface area contributed by atoms with Crippen LogP contribution in [0.3, 0.4) is 0 Å². The SMILES string of the molecule is NNc1ccc(NC23CC4CC(CC(C4)C2)C3)cn1. The Kier molecular flexibility index (Phi) is 2.49. The van der Waals surface area contributed by atoms with E-state index in [1.165, 1.54) is 38.5 Å². The average molecular weight is 258 g/mol. The average Bonchev–Trinajstić information content (AvgIpc) is 2.37. The van der Waals surface area contributed by atoms with Gasteiger partial charge in [0.1, 0.15) is 5.82 Å². The highest BCUT2D eigenvalue weighted by Crippen LogP contribution is 2.56. The first-order chi connectivity index (χ1) is 9.25. The third-order valence-electron chi connectivity index (χ3n) is 5.36. The Bertz CT molecular complexity index is 432. The number of hydrogen-bond acceptors (Lipinski definition) is 4. The summed E-state index contributed by atoms with van der Waals surface area (Å²) in [7, 11) is 0. The predicted molar refractivity (Wildman–Crippen MR) is 76.6 cm³/mol. The molecule has 4 aliphatic rings. The zero-order valence-corrected chi connectivity index (χ0v) is 11.2. The minimum atomic E-state index is 0.355. The summed E-state index contributed by atoms with van der Waals surface area (Å²) in [6.45, 7) is 0. The van der Waals surface area contributed by atoms with Crippen molar-refractivity contribution in [3.8, 4) is 0 Å². The molecular formula is C15H22N4. The van der Waals surface area contributed by atoms with Gasteiger partial charge in [0.25, 0.3) is 0 Å². The number of nitrogens with one attached hydrogen (secondary N) is 2. The van der Waals surface area contributed by atoms with Crippen LogP contribution in [0, 0.1) is 17.8 Å². The number of aromatic nitrogens is 1. The smallest absolute Gasteiger partial charge is 0.140 e. The molecule has 0 atom stereocenters. The van der Waals surface area contributed by atoms with Gasteiger partial charge in [-0.15, -0.1) is 0 Å². The Morgan fingerprint density at radius 1 is 1.05 bits per heavy atom. The molecule has 1 aromatic heterocycles. The van der Waals surface area contributed by atoms with E-state index in [4.69, 9.17) is 5.84 Å². The molecule has 19 heavy (non-hydrogen) atoms. The van der Waals surface area contributed by atoms with Gasteiger partial charge in [-0.3, -0.25) is 0 Å². The molecule has 0 radical (unpaired) electrons. The van der Waals surface area contributed by atoms with Gasteiger partial charge >= 0.3 is 0 Å². The van der Waals surface area contributed by atoms with Crippen molar-refractivity contribution >= 4 is 11.5 Å². The van der Waals surface area contributed by atoms with Crippen molar-refractivity contribution in [2.75, 3.05) is 10.7 Å². The molecule has 0 aliphatic heterocycles. The molecular weight excluding hydrogens is 236 g/mol. The van der Waals surface area contributed by atoms with Crippen LogP contribution in [0.5, 0.6) is 0 Å². The maximum absolute atomic E-state index is 5.35. The van der Waals surface area contributed by atoms with Crippen LogP contribution in [0.4, 0.5) is 11.5 Å². The fourth-order valence-electron chi connectivity index (χ4n) is 5.12. The number of nitrogen functional groups attached to an aromatic ring is 1. The van der Waals surface area contributed by atoms with Crippen molar-refractivity contribution in [1.82, 2.24) is 4.98 Å². The van der Waals surface area contributed by atoms with Crippen LogP contribution in [0.15, 0.2) is 18.3 Å². The van der Waals surface area contributed by atoms with Crippen molar-refractivity contribution in [2.24, 2.45) is 23.6 Å². The van der Waals surface area contributed by atoms with Crippen molar-refractivity contribution in [1.29, 1.82) is 0 Å². The van der Waals surface area contributed by atoms with E-state index >= 15 is 0 Å². The van der Waals surface area contributed by atoms with E-state index in [1.54, 1.807) is 0 Å². The molecule has 4 bridgehead atoms. The molecule has 0 aromatic carbocycles. The number of pyridine rings is 1. The lowest BCUT2D eigenvalue weighted by Crippen LogP contribution is -2.54. The van der Waals surface area contributed by atoms with E-state index in [0.29, 0.717) is 5.54 Å². The molecule has 0 spiro atoms. The third kappa shape index (κ3) is 1.98. The molecule has 4 saturated carbocycles. The Balaban J connectivity index is 1.55. The Labute approximate surface area is 114 Å². The monoisotopic (exact) mass is 258 g/mol.